The molecule has 2 aromatic rings. The Morgan fingerprint density at radius 2 is 1.81 bits per heavy atom. The average molecular weight is 570 g/mol. The second kappa shape index (κ2) is 10.4. The number of rotatable bonds is 5. The summed E-state index contributed by atoms with van der Waals surface area (Å²) < 4.78 is 32.6. The van der Waals surface area contributed by atoms with Crippen LogP contribution in [0.2, 0.25) is 0 Å². The number of aliphatic imine (C=N–C) groups is 1. The second-order valence-electron chi connectivity index (χ2n) is 8.21. The van der Waals surface area contributed by atoms with E-state index in [1.165, 1.54) is 19.9 Å². The molecule has 1 aliphatic heterocycles. The molecule has 32 heavy (non-hydrogen) atoms. The molecule has 1 atom stereocenters. The van der Waals surface area contributed by atoms with Gasteiger partial charge in [-0.3, -0.25) is 4.99 Å². The van der Waals surface area contributed by atoms with Crippen LogP contribution in [0.1, 0.15) is 49.3 Å². The summed E-state index contributed by atoms with van der Waals surface area (Å²) >= 11 is 0. The third kappa shape index (κ3) is 5.37. The highest BCUT2D eigenvalue weighted by Crippen LogP contribution is 2.46. The summed E-state index contributed by atoms with van der Waals surface area (Å²) in [4.78, 5) is 4.65. The van der Waals surface area contributed by atoms with Crippen LogP contribution in [0.15, 0.2) is 58.4 Å². The Morgan fingerprint density at radius 1 is 1.12 bits per heavy atom. The summed E-state index contributed by atoms with van der Waals surface area (Å²) in [6, 6.07) is 15.2. The van der Waals surface area contributed by atoms with Gasteiger partial charge in [-0.15, -0.1) is 24.0 Å². The van der Waals surface area contributed by atoms with Gasteiger partial charge < -0.3 is 15.4 Å². The Balaban J connectivity index is 0.00000289. The van der Waals surface area contributed by atoms with Crippen molar-refractivity contribution in [2.24, 2.45) is 4.99 Å². The maximum absolute atomic E-state index is 11.9. The average Bonchev–Trinajstić information content (AvgIpc) is 3.24. The third-order valence-corrected chi connectivity index (χ3v) is 7.64. The smallest absolute Gasteiger partial charge is 0.240 e. The van der Waals surface area contributed by atoms with Gasteiger partial charge >= 0.3 is 0 Å². The number of nitrogens with one attached hydrogen (secondary N) is 3. The molecule has 0 radical (unpaired) electrons. The molecule has 0 amide bonds. The van der Waals surface area contributed by atoms with E-state index in [2.05, 4.69) is 32.5 Å². The lowest BCUT2D eigenvalue weighted by atomic mass is 9.86. The predicted octanol–water partition coefficient (Wildman–Crippen LogP) is 3.71. The highest BCUT2D eigenvalue weighted by Gasteiger charge is 2.43. The monoisotopic (exact) mass is 570 g/mol. The summed E-state index contributed by atoms with van der Waals surface area (Å²) in [6.45, 7) is 0.537. The minimum Gasteiger partial charge on any atom is -0.487 e. The molecule has 1 spiro atoms. The summed E-state index contributed by atoms with van der Waals surface area (Å²) in [6.07, 6.45) is 5.52. The van der Waals surface area contributed by atoms with Gasteiger partial charge in [0, 0.05) is 25.6 Å². The molecule has 2 aromatic carbocycles. The minimum atomic E-state index is -3.43. The Hall–Kier alpha value is -1.85. The quantitative estimate of drug-likeness (QED) is 0.290. The molecule has 1 heterocycles. The number of ether oxygens (including phenoxy) is 1. The van der Waals surface area contributed by atoms with E-state index in [4.69, 9.17) is 4.74 Å². The lowest BCUT2D eigenvalue weighted by molar-refractivity contribution is 0.0396. The maximum Gasteiger partial charge on any atom is 0.240 e. The first kappa shape index (κ1) is 24.8. The number of fused-ring (bicyclic) bond motifs is 1. The van der Waals surface area contributed by atoms with Gasteiger partial charge in [-0.25, -0.2) is 13.1 Å². The standard InChI is InChI=1S/C23H30N4O3S.HI/c1-24-22(26-16-17-9-11-18(12-10-17)31(28,29)25-2)27-20-15-23(13-5-6-14-23)30-21-8-4-3-7-19(20)21;/h3-4,7-12,20,25H,5-6,13-16H2,1-2H3,(H2,24,26,27);1H. The highest BCUT2D eigenvalue weighted by atomic mass is 127. The van der Waals surface area contributed by atoms with Crippen molar-refractivity contribution in [2.45, 2.75) is 55.2 Å². The summed E-state index contributed by atoms with van der Waals surface area (Å²) in [5.41, 5.74) is 2.04. The van der Waals surface area contributed by atoms with Gasteiger partial charge in [-0.1, -0.05) is 30.3 Å². The van der Waals surface area contributed by atoms with Crippen molar-refractivity contribution in [1.82, 2.24) is 15.4 Å². The molecule has 2 aliphatic rings. The Morgan fingerprint density at radius 3 is 2.47 bits per heavy atom. The number of sulfonamides is 1. The molecule has 174 valence electrons. The van der Waals surface area contributed by atoms with Crippen LogP contribution in [0, 0.1) is 0 Å². The molecule has 4 rings (SSSR count). The lowest BCUT2D eigenvalue weighted by Gasteiger charge is -2.40. The molecule has 0 bridgehead atoms. The van der Waals surface area contributed by atoms with Crippen LogP contribution in [0.25, 0.3) is 0 Å². The fourth-order valence-electron chi connectivity index (χ4n) is 4.52. The topological polar surface area (TPSA) is 91.8 Å². The molecule has 7 nitrogen and oxygen atoms in total. The van der Waals surface area contributed by atoms with Crippen molar-refractivity contribution in [3.63, 3.8) is 0 Å². The van der Waals surface area contributed by atoms with E-state index < -0.39 is 10.0 Å². The van der Waals surface area contributed by atoms with Gasteiger partial charge in [0.05, 0.1) is 10.9 Å². The molecule has 0 aromatic heterocycles. The summed E-state index contributed by atoms with van der Waals surface area (Å²) in [5.74, 6) is 1.67. The Labute approximate surface area is 207 Å². The van der Waals surface area contributed by atoms with Crippen molar-refractivity contribution in [2.75, 3.05) is 14.1 Å². The fraction of sp³-hybridized carbons (Fsp3) is 0.435. The van der Waals surface area contributed by atoms with Crippen LogP contribution in [0.3, 0.4) is 0 Å². The third-order valence-electron chi connectivity index (χ3n) is 6.21. The zero-order chi connectivity index (χ0) is 21.9. The molecule has 9 heteroatoms. The van der Waals surface area contributed by atoms with Crippen LogP contribution in [0.4, 0.5) is 0 Å². The van der Waals surface area contributed by atoms with Gasteiger partial charge in [0.25, 0.3) is 0 Å². The van der Waals surface area contributed by atoms with E-state index in [1.807, 2.05) is 24.3 Å². The molecule has 3 N–H and O–H groups in total. The van der Waals surface area contributed by atoms with E-state index in [-0.39, 0.29) is 40.5 Å². The molecule has 1 unspecified atom stereocenters. The molecular formula is C23H31IN4O3S. The summed E-state index contributed by atoms with van der Waals surface area (Å²) in [7, 11) is -0.262. The van der Waals surface area contributed by atoms with Gasteiger partial charge in [0.2, 0.25) is 10.0 Å². The van der Waals surface area contributed by atoms with Crippen molar-refractivity contribution < 1.29 is 13.2 Å². The predicted molar refractivity (Wildman–Crippen MR) is 137 cm³/mol. The zero-order valence-electron chi connectivity index (χ0n) is 18.4. The number of nitrogens with zero attached hydrogens (tertiary/aromatic N) is 1. The Kier molecular flexibility index (Phi) is 8.05. The van der Waals surface area contributed by atoms with E-state index in [0.717, 1.165) is 36.1 Å². The first-order chi connectivity index (χ1) is 14.9. The molecular weight excluding hydrogens is 539 g/mol. The lowest BCUT2D eigenvalue weighted by Crippen LogP contribution is -2.46. The number of benzene rings is 2. The van der Waals surface area contributed by atoms with E-state index in [1.54, 1.807) is 19.2 Å². The van der Waals surface area contributed by atoms with Gasteiger partial charge in [-0.2, -0.15) is 0 Å². The zero-order valence-corrected chi connectivity index (χ0v) is 21.6. The second-order valence-corrected chi connectivity index (χ2v) is 10.1. The molecule has 1 saturated carbocycles. The van der Waals surface area contributed by atoms with Crippen molar-refractivity contribution in [1.29, 1.82) is 0 Å². The molecule has 1 aliphatic carbocycles. The minimum absolute atomic E-state index is 0. The SMILES string of the molecule is CN=C(NCc1ccc(S(=O)(=O)NC)cc1)NC1CC2(CCCC2)Oc2ccccc21.I. The highest BCUT2D eigenvalue weighted by molar-refractivity contribution is 14.0. The van der Waals surface area contributed by atoms with Crippen LogP contribution in [0.5, 0.6) is 5.75 Å². The summed E-state index contributed by atoms with van der Waals surface area (Å²) in [5, 5.41) is 6.93. The molecule has 0 saturated heterocycles. The first-order valence-corrected chi connectivity index (χ1v) is 12.2. The van der Waals surface area contributed by atoms with Gasteiger partial charge in [0.1, 0.15) is 11.4 Å². The normalized spacial score (nSPS) is 19.6. The van der Waals surface area contributed by atoms with Crippen LogP contribution >= 0.6 is 24.0 Å². The molecule has 1 fully saturated rings. The number of hydrogen-bond acceptors (Lipinski definition) is 4. The fourth-order valence-corrected chi connectivity index (χ4v) is 5.25. The van der Waals surface area contributed by atoms with Crippen molar-refractivity contribution in [3.8, 4) is 5.75 Å². The first-order valence-electron chi connectivity index (χ1n) is 10.7. The van der Waals surface area contributed by atoms with E-state index in [0.29, 0.717) is 12.5 Å². The van der Waals surface area contributed by atoms with Gasteiger partial charge in [-0.05, 0) is 56.5 Å². The Bertz CT molecular complexity index is 1050. The number of guanidine groups is 1. The maximum atomic E-state index is 11.9. The largest absolute Gasteiger partial charge is 0.487 e. The van der Waals surface area contributed by atoms with Gasteiger partial charge in [0.15, 0.2) is 5.96 Å². The van der Waals surface area contributed by atoms with Crippen molar-refractivity contribution >= 4 is 40.0 Å². The number of halogens is 1. The van der Waals surface area contributed by atoms with Crippen LogP contribution in [-0.2, 0) is 16.6 Å². The number of hydrogen-bond donors (Lipinski definition) is 3. The van der Waals surface area contributed by atoms with Crippen LogP contribution in [-0.4, -0.2) is 34.1 Å². The van der Waals surface area contributed by atoms with Crippen molar-refractivity contribution in [3.05, 3.63) is 59.7 Å². The van der Waals surface area contributed by atoms with E-state index in [9.17, 15) is 8.42 Å². The number of para-hydroxylation sites is 1. The van der Waals surface area contributed by atoms with Crippen LogP contribution < -0.4 is 20.1 Å². The van der Waals surface area contributed by atoms with E-state index >= 15 is 0 Å².